The number of pyridine rings is 1. The quantitative estimate of drug-likeness (QED) is 0.813. The lowest BCUT2D eigenvalue weighted by atomic mass is 10.3. The van der Waals surface area contributed by atoms with Gasteiger partial charge < -0.3 is 14.8 Å². The van der Waals surface area contributed by atoms with E-state index in [9.17, 15) is 0 Å². The molecule has 0 aliphatic carbocycles. The molecule has 17 heavy (non-hydrogen) atoms. The maximum atomic E-state index is 5.64. The summed E-state index contributed by atoms with van der Waals surface area (Å²) in [4.78, 5) is 4.55. The average Bonchev–Trinajstić information content (AvgIpc) is 2.25. The van der Waals surface area contributed by atoms with Gasteiger partial charge in [-0.2, -0.15) is 0 Å². The number of ether oxygens (including phenoxy) is 2. The maximum absolute atomic E-state index is 5.64. The first-order valence-corrected chi connectivity index (χ1v) is 6.11. The predicted octanol–water partition coefficient (Wildman–Crippen LogP) is 1.49. The molecule has 4 heteroatoms. The van der Waals surface area contributed by atoms with Gasteiger partial charge >= 0.3 is 0 Å². The van der Waals surface area contributed by atoms with E-state index in [1.165, 1.54) is 0 Å². The van der Waals surface area contributed by atoms with Crippen LogP contribution in [-0.2, 0) is 22.6 Å². The Morgan fingerprint density at radius 1 is 1.41 bits per heavy atom. The number of rotatable bonds is 6. The SMILES string of the molecule is CC(C)NCc1cccc(COC2COC2)n1. The zero-order valence-corrected chi connectivity index (χ0v) is 10.5. The topological polar surface area (TPSA) is 43.4 Å². The van der Waals surface area contributed by atoms with Crippen molar-refractivity contribution in [2.75, 3.05) is 13.2 Å². The highest BCUT2D eigenvalue weighted by Gasteiger charge is 2.18. The second-order valence-corrected chi connectivity index (χ2v) is 4.63. The molecule has 0 unspecified atom stereocenters. The summed E-state index contributed by atoms with van der Waals surface area (Å²) in [5.41, 5.74) is 2.05. The van der Waals surface area contributed by atoms with Crippen LogP contribution in [0.25, 0.3) is 0 Å². The fourth-order valence-corrected chi connectivity index (χ4v) is 1.53. The van der Waals surface area contributed by atoms with Crippen molar-refractivity contribution in [3.8, 4) is 0 Å². The highest BCUT2D eigenvalue weighted by atomic mass is 16.6. The molecular weight excluding hydrogens is 216 g/mol. The van der Waals surface area contributed by atoms with E-state index in [0.717, 1.165) is 17.9 Å². The van der Waals surface area contributed by atoms with Gasteiger partial charge in [-0.05, 0) is 12.1 Å². The molecular formula is C13H20N2O2. The van der Waals surface area contributed by atoms with E-state index in [4.69, 9.17) is 9.47 Å². The molecule has 1 aliphatic rings. The lowest BCUT2D eigenvalue weighted by Crippen LogP contribution is -2.35. The minimum atomic E-state index is 0.259. The van der Waals surface area contributed by atoms with Crippen LogP contribution in [0.1, 0.15) is 25.2 Å². The number of hydrogen-bond donors (Lipinski definition) is 1. The van der Waals surface area contributed by atoms with E-state index < -0.39 is 0 Å². The van der Waals surface area contributed by atoms with Gasteiger partial charge in [-0.3, -0.25) is 4.98 Å². The van der Waals surface area contributed by atoms with Crippen molar-refractivity contribution >= 4 is 0 Å². The van der Waals surface area contributed by atoms with Crippen LogP contribution in [-0.4, -0.2) is 30.3 Å². The van der Waals surface area contributed by atoms with Crippen molar-refractivity contribution < 1.29 is 9.47 Å². The number of hydrogen-bond acceptors (Lipinski definition) is 4. The summed E-state index contributed by atoms with van der Waals surface area (Å²) in [6, 6.07) is 6.54. The molecule has 94 valence electrons. The molecule has 0 aromatic carbocycles. The van der Waals surface area contributed by atoms with E-state index in [0.29, 0.717) is 25.9 Å². The zero-order valence-electron chi connectivity index (χ0n) is 10.5. The molecule has 1 aliphatic heterocycles. The summed E-state index contributed by atoms with van der Waals surface area (Å²) in [6.07, 6.45) is 0.259. The second kappa shape index (κ2) is 6.10. The maximum Gasteiger partial charge on any atom is 0.105 e. The third-order valence-electron chi connectivity index (χ3n) is 2.63. The van der Waals surface area contributed by atoms with Crippen LogP contribution >= 0.6 is 0 Å². The highest BCUT2D eigenvalue weighted by molar-refractivity contribution is 5.10. The lowest BCUT2D eigenvalue weighted by Gasteiger charge is -2.25. The zero-order chi connectivity index (χ0) is 12.1. The largest absolute Gasteiger partial charge is 0.376 e. The molecule has 1 fully saturated rings. The summed E-state index contributed by atoms with van der Waals surface area (Å²) in [6.45, 7) is 7.07. The molecule has 0 bridgehead atoms. The fourth-order valence-electron chi connectivity index (χ4n) is 1.53. The Labute approximate surface area is 102 Å². The van der Waals surface area contributed by atoms with Gasteiger partial charge in [-0.1, -0.05) is 19.9 Å². The van der Waals surface area contributed by atoms with Crippen LogP contribution in [0, 0.1) is 0 Å². The normalized spacial score (nSPS) is 16.2. The predicted molar refractivity (Wildman–Crippen MR) is 65.6 cm³/mol. The van der Waals surface area contributed by atoms with Gasteiger partial charge in [0.15, 0.2) is 0 Å². The molecule has 0 amide bonds. The van der Waals surface area contributed by atoms with Crippen molar-refractivity contribution in [2.24, 2.45) is 0 Å². The number of aromatic nitrogens is 1. The Hall–Kier alpha value is -0.970. The highest BCUT2D eigenvalue weighted by Crippen LogP contribution is 2.09. The minimum absolute atomic E-state index is 0.259. The summed E-state index contributed by atoms with van der Waals surface area (Å²) in [7, 11) is 0. The molecule has 1 aromatic heterocycles. The second-order valence-electron chi connectivity index (χ2n) is 4.63. The molecule has 1 N–H and O–H groups in total. The van der Waals surface area contributed by atoms with Crippen LogP contribution in [0.4, 0.5) is 0 Å². The van der Waals surface area contributed by atoms with Gasteiger partial charge in [0.05, 0.1) is 31.2 Å². The van der Waals surface area contributed by atoms with Crippen molar-refractivity contribution in [1.82, 2.24) is 10.3 Å². The van der Waals surface area contributed by atoms with Crippen LogP contribution in [0.15, 0.2) is 18.2 Å². The Morgan fingerprint density at radius 3 is 2.82 bits per heavy atom. The lowest BCUT2D eigenvalue weighted by molar-refractivity contribution is -0.135. The molecule has 0 saturated carbocycles. The van der Waals surface area contributed by atoms with Gasteiger partial charge in [0, 0.05) is 12.6 Å². The molecule has 1 saturated heterocycles. The summed E-state index contributed by atoms with van der Waals surface area (Å²) in [5, 5.41) is 3.35. The van der Waals surface area contributed by atoms with E-state index in [1.807, 2.05) is 18.2 Å². The van der Waals surface area contributed by atoms with Gasteiger partial charge in [0.2, 0.25) is 0 Å². The van der Waals surface area contributed by atoms with Gasteiger partial charge in [-0.25, -0.2) is 0 Å². The molecule has 1 aromatic rings. The third kappa shape index (κ3) is 4.07. The van der Waals surface area contributed by atoms with Crippen molar-refractivity contribution in [3.05, 3.63) is 29.6 Å². The minimum Gasteiger partial charge on any atom is -0.376 e. The molecule has 2 heterocycles. The number of nitrogens with zero attached hydrogens (tertiary/aromatic N) is 1. The van der Waals surface area contributed by atoms with Crippen LogP contribution in [0.3, 0.4) is 0 Å². The molecule has 0 atom stereocenters. The van der Waals surface area contributed by atoms with E-state index in [1.54, 1.807) is 0 Å². The van der Waals surface area contributed by atoms with Gasteiger partial charge in [-0.15, -0.1) is 0 Å². The first kappa shape index (κ1) is 12.5. The average molecular weight is 236 g/mol. The first-order chi connectivity index (χ1) is 8.24. The standard InChI is InChI=1S/C13H20N2O2/c1-10(2)14-6-11-4-3-5-12(15-11)7-17-13-8-16-9-13/h3-5,10,13-14H,6-9H2,1-2H3. The first-order valence-electron chi connectivity index (χ1n) is 6.11. The van der Waals surface area contributed by atoms with E-state index >= 15 is 0 Å². The van der Waals surface area contributed by atoms with Crippen molar-refractivity contribution in [2.45, 2.75) is 39.1 Å². The summed E-state index contributed by atoms with van der Waals surface area (Å²) < 4.78 is 10.7. The summed E-state index contributed by atoms with van der Waals surface area (Å²) in [5.74, 6) is 0. The molecule has 0 radical (unpaired) electrons. The molecule has 0 spiro atoms. The summed E-state index contributed by atoms with van der Waals surface area (Å²) >= 11 is 0. The van der Waals surface area contributed by atoms with Gasteiger partial charge in [0.25, 0.3) is 0 Å². The van der Waals surface area contributed by atoms with E-state index in [-0.39, 0.29) is 6.10 Å². The van der Waals surface area contributed by atoms with Crippen LogP contribution < -0.4 is 5.32 Å². The Balaban J connectivity index is 1.82. The van der Waals surface area contributed by atoms with Gasteiger partial charge in [0.1, 0.15) is 6.10 Å². The molecule has 2 rings (SSSR count). The Morgan fingerprint density at radius 2 is 2.18 bits per heavy atom. The Kier molecular flexibility index (Phi) is 4.48. The van der Waals surface area contributed by atoms with E-state index in [2.05, 4.69) is 24.1 Å². The van der Waals surface area contributed by atoms with Crippen molar-refractivity contribution in [3.63, 3.8) is 0 Å². The molecule has 4 nitrogen and oxygen atoms in total. The monoisotopic (exact) mass is 236 g/mol. The third-order valence-corrected chi connectivity index (χ3v) is 2.63. The number of nitrogens with one attached hydrogen (secondary N) is 1. The van der Waals surface area contributed by atoms with Crippen LogP contribution in [0.2, 0.25) is 0 Å². The smallest absolute Gasteiger partial charge is 0.105 e. The Bertz CT molecular complexity index is 351. The fraction of sp³-hybridized carbons (Fsp3) is 0.615. The van der Waals surface area contributed by atoms with Crippen molar-refractivity contribution in [1.29, 1.82) is 0 Å². The van der Waals surface area contributed by atoms with Crippen LogP contribution in [0.5, 0.6) is 0 Å².